The van der Waals surface area contributed by atoms with E-state index in [4.69, 9.17) is 14.4 Å². The predicted molar refractivity (Wildman–Crippen MR) is 211 cm³/mol. The van der Waals surface area contributed by atoms with E-state index in [0.717, 1.165) is 61.2 Å². The van der Waals surface area contributed by atoms with Crippen LogP contribution >= 0.6 is 0 Å². The normalized spacial score (nSPS) is 14.5. The topological polar surface area (TPSA) is 49.9 Å². The third kappa shape index (κ3) is 5.00. The first kappa shape index (κ1) is 29.2. The molecule has 10 rings (SSSR count). The SMILES string of the molecule is c1ccc(-c2cccc(C3=NC(c4cccc5oc6cccc(-c7cc8ccccc8c8ccccc78)c6c45)=NC(c4ccccc4)N3)c2)cc1. The molecular formula is C47H31N3O. The third-order valence-corrected chi connectivity index (χ3v) is 9.92. The lowest BCUT2D eigenvalue weighted by molar-refractivity contribution is 0.668. The Morgan fingerprint density at radius 1 is 0.451 bits per heavy atom. The highest BCUT2D eigenvalue weighted by atomic mass is 16.3. The number of amidine groups is 2. The number of rotatable bonds is 5. The molecule has 1 aliphatic rings. The van der Waals surface area contributed by atoms with Crippen LogP contribution in [0.2, 0.25) is 0 Å². The Balaban J connectivity index is 1.21. The standard InChI is InChI=1S/C47H31N3O/c1-3-14-30(15-4-1)32-19-11-20-34(28-32)46-48-45(31-16-5-2-6-17-31)49-47(50-46)39-25-13-27-42-44(39)43-38(24-12-26-41(43)51-42)40-29-33-18-7-8-21-35(33)36-22-9-10-23-37(36)40/h1-29,45H,(H,48,49,50). The fourth-order valence-electron chi connectivity index (χ4n) is 7.55. The van der Waals surface area contributed by atoms with Crippen LogP contribution in [0.1, 0.15) is 22.9 Å². The fourth-order valence-corrected chi connectivity index (χ4v) is 7.55. The second kappa shape index (κ2) is 12.0. The number of nitrogens with zero attached hydrogens (tertiary/aromatic N) is 2. The maximum Gasteiger partial charge on any atom is 0.160 e. The summed E-state index contributed by atoms with van der Waals surface area (Å²) in [5, 5.41) is 10.6. The molecule has 51 heavy (non-hydrogen) atoms. The summed E-state index contributed by atoms with van der Waals surface area (Å²) in [4.78, 5) is 10.6. The zero-order valence-electron chi connectivity index (χ0n) is 27.6. The number of fused-ring (bicyclic) bond motifs is 6. The van der Waals surface area contributed by atoms with E-state index in [1.165, 1.54) is 27.1 Å². The van der Waals surface area contributed by atoms with Gasteiger partial charge in [-0.1, -0.05) is 152 Å². The Bertz CT molecular complexity index is 2830. The van der Waals surface area contributed by atoms with E-state index in [1.807, 2.05) is 24.3 Å². The van der Waals surface area contributed by atoms with E-state index in [-0.39, 0.29) is 6.17 Å². The first-order valence-corrected chi connectivity index (χ1v) is 17.3. The van der Waals surface area contributed by atoms with Crippen LogP contribution in [0.3, 0.4) is 0 Å². The van der Waals surface area contributed by atoms with Crippen molar-refractivity contribution in [3.63, 3.8) is 0 Å². The van der Waals surface area contributed by atoms with Crippen molar-refractivity contribution >= 4 is 55.2 Å². The molecule has 0 amide bonds. The highest BCUT2D eigenvalue weighted by Crippen LogP contribution is 2.43. The quantitative estimate of drug-likeness (QED) is 0.188. The maximum atomic E-state index is 6.61. The van der Waals surface area contributed by atoms with Gasteiger partial charge in [0, 0.05) is 21.9 Å². The first-order chi connectivity index (χ1) is 25.3. The Morgan fingerprint density at radius 2 is 1.06 bits per heavy atom. The zero-order chi connectivity index (χ0) is 33.7. The summed E-state index contributed by atoms with van der Waals surface area (Å²) in [5.74, 6) is 1.44. The summed E-state index contributed by atoms with van der Waals surface area (Å²) in [7, 11) is 0. The molecule has 2 heterocycles. The summed E-state index contributed by atoms with van der Waals surface area (Å²) >= 11 is 0. The lowest BCUT2D eigenvalue weighted by Gasteiger charge is -2.24. The molecule has 1 atom stereocenters. The molecule has 0 aliphatic carbocycles. The summed E-state index contributed by atoms with van der Waals surface area (Å²) < 4.78 is 6.61. The van der Waals surface area contributed by atoms with Gasteiger partial charge < -0.3 is 9.73 Å². The van der Waals surface area contributed by atoms with Crippen molar-refractivity contribution < 1.29 is 4.42 Å². The van der Waals surface area contributed by atoms with E-state index in [0.29, 0.717) is 5.84 Å². The zero-order valence-corrected chi connectivity index (χ0v) is 27.6. The number of benzene rings is 8. The molecule has 1 unspecified atom stereocenters. The van der Waals surface area contributed by atoms with Gasteiger partial charge in [-0.15, -0.1) is 0 Å². The van der Waals surface area contributed by atoms with Crippen LogP contribution in [-0.4, -0.2) is 11.7 Å². The van der Waals surface area contributed by atoms with Crippen LogP contribution < -0.4 is 5.32 Å². The predicted octanol–water partition coefficient (Wildman–Crippen LogP) is 11.7. The van der Waals surface area contributed by atoms with E-state index in [1.54, 1.807) is 0 Å². The highest BCUT2D eigenvalue weighted by Gasteiger charge is 2.25. The van der Waals surface area contributed by atoms with Crippen molar-refractivity contribution in [2.24, 2.45) is 9.98 Å². The molecule has 1 aromatic heterocycles. The van der Waals surface area contributed by atoms with Crippen LogP contribution in [0.15, 0.2) is 190 Å². The Morgan fingerprint density at radius 3 is 1.86 bits per heavy atom. The van der Waals surface area contributed by atoms with Crippen LogP contribution in [0.25, 0.3) is 65.7 Å². The highest BCUT2D eigenvalue weighted by molar-refractivity contribution is 6.26. The Hall–Kier alpha value is -6.78. The van der Waals surface area contributed by atoms with E-state index < -0.39 is 0 Å². The maximum absolute atomic E-state index is 6.61. The average molecular weight is 654 g/mol. The molecule has 1 aliphatic heterocycles. The van der Waals surface area contributed by atoms with Crippen molar-refractivity contribution in [2.75, 3.05) is 0 Å². The van der Waals surface area contributed by atoms with Crippen LogP contribution in [0, 0.1) is 0 Å². The molecule has 8 aromatic carbocycles. The lowest BCUT2D eigenvalue weighted by Crippen LogP contribution is -2.33. The largest absolute Gasteiger partial charge is 0.456 e. The molecule has 0 fully saturated rings. The third-order valence-electron chi connectivity index (χ3n) is 9.92. The van der Waals surface area contributed by atoms with Gasteiger partial charge in [0.1, 0.15) is 23.2 Å². The van der Waals surface area contributed by atoms with Crippen molar-refractivity contribution in [2.45, 2.75) is 6.17 Å². The summed E-state index contributed by atoms with van der Waals surface area (Å²) in [5.41, 5.74) is 9.22. The molecule has 0 bridgehead atoms. The van der Waals surface area contributed by atoms with Gasteiger partial charge in [0.15, 0.2) is 5.84 Å². The molecule has 0 radical (unpaired) electrons. The smallest absolute Gasteiger partial charge is 0.160 e. The molecule has 0 saturated carbocycles. The van der Waals surface area contributed by atoms with Crippen molar-refractivity contribution in [1.29, 1.82) is 0 Å². The van der Waals surface area contributed by atoms with Crippen LogP contribution in [0.5, 0.6) is 0 Å². The lowest BCUT2D eigenvalue weighted by atomic mass is 9.90. The Labute approximate surface area is 295 Å². The van der Waals surface area contributed by atoms with Crippen LogP contribution in [-0.2, 0) is 0 Å². The second-order valence-corrected chi connectivity index (χ2v) is 13.0. The van der Waals surface area contributed by atoms with Gasteiger partial charge in [-0.3, -0.25) is 0 Å². The fraction of sp³-hybridized carbons (Fsp3) is 0.0213. The van der Waals surface area contributed by atoms with Gasteiger partial charge in [0.25, 0.3) is 0 Å². The molecule has 1 N–H and O–H groups in total. The van der Waals surface area contributed by atoms with E-state index in [2.05, 4.69) is 157 Å². The number of aliphatic imine (C=N–C) groups is 2. The number of hydrogen-bond acceptors (Lipinski definition) is 4. The number of nitrogens with one attached hydrogen (secondary N) is 1. The molecule has 240 valence electrons. The number of furan rings is 1. The molecule has 4 nitrogen and oxygen atoms in total. The molecule has 0 saturated heterocycles. The van der Waals surface area contributed by atoms with E-state index >= 15 is 0 Å². The molecule has 4 heteroatoms. The summed E-state index contributed by atoms with van der Waals surface area (Å²) in [6.45, 7) is 0. The summed E-state index contributed by atoms with van der Waals surface area (Å²) in [6.07, 6.45) is -0.327. The van der Waals surface area contributed by atoms with Gasteiger partial charge in [0.2, 0.25) is 0 Å². The van der Waals surface area contributed by atoms with Crippen molar-refractivity contribution in [3.05, 3.63) is 193 Å². The van der Waals surface area contributed by atoms with Crippen molar-refractivity contribution in [3.8, 4) is 22.3 Å². The van der Waals surface area contributed by atoms with Gasteiger partial charge in [0.05, 0.1) is 0 Å². The van der Waals surface area contributed by atoms with Gasteiger partial charge in [-0.05, 0) is 73.6 Å². The molecular weight excluding hydrogens is 623 g/mol. The minimum absolute atomic E-state index is 0.327. The van der Waals surface area contributed by atoms with Crippen molar-refractivity contribution in [1.82, 2.24) is 5.32 Å². The summed E-state index contributed by atoms with van der Waals surface area (Å²) in [6, 6.07) is 61.6. The minimum Gasteiger partial charge on any atom is -0.456 e. The van der Waals surface area contributed by atoms with Gasteiger partial charge in [-0.25, -0.2) is 9.98 Å². The first-order valence-electron chi connectivity index (χ1n) is 17.3. The minimum atomic E-state index is -0.327. The van der Waals surface area contributed by atoms with Crippen LogP contribution in [0.4, 0.5) is 0 Å². The van der Waals surface area contributed by atoms with Gasteiger partial charge in [-0.2, -0.15) is 0 Å². The Kier molecular flexibility index (Phi) is 6.85. The molecule has 9 aromatic rings. The second-order valence-electron chi connectivity index (χ2n) is 13.0. The van der Waals surface area contributed by atoms with Gasteiger partial charge >= 0.3 is 0 Å². The average Bonchev–Trinajstić information content (AvgIpc) is 3.60. The number of hydrogen-bond donors (Lipinski definition) is 1. The molecule has 0 spiro atoms. The monoisotopic (exact) mass is 653 g/mol. The van der Waals surface area contributed by atoms with E-state index in [9.17, 15) is 0 Å².